The Kier molecular flexibility index (Phi) is 8.14. The van der Waals surface area contributed by atoms with E-state index in [1.54, 1.807) is 26.0 Å². The standard InChI is InChI=1S/C33H28F2N4O7/c1-4-43-27-16-24-28(30-29(27)44-13-14-45-30)26(11-12-36-24)46-25-10-7-20(15-23(25)35)37-31(40)22-17-38(18(2)3)33(42)39(32(22)41)21-8-5-19(34)6-9-21/h5-12,15-18H,4,13-14H2,1-3H3,(H,37,40). The van der Waals surface area contributed by atoms with E-state index in [9.17, 15) is 18.8 Å². The molecule has 0 unspecified atom stereocenters. The number of hydrogen-bond acceptors (Lipinski definition) is 8. The van der Waals surface area contributed by atoms with E-state index in [0.717, 1.165) is 29.0 Å². The third kappa shape index (κ3) is 5.62. The summed E-state index contributed by atoms with van der Waals surface area (Å²) in [5, 5.41) is 2.98. The van der Waals surface area contributed by atoms with Gasteiger partial charge in [0, 0.05) is 36.3 Å². The molecule has 0 bridgehead atoms. The fourth-order valence-corrected chi connectivity index (χ4v) is 5.02. The molecule has 1 aliphatic heterocycles. The van der Waals surface area contributed by atoms with Gasteiger partial charge < -0.3 is 24.3 Å². The molecule has 0 atom stereocenters. The van der Waals surface area contributed by atoms with Crippen LogP contribution in [0.5, 0.6) is 28.7 Å². The zero-order valence-electron chi connectivity index (χ0n) is 25.0. The number of benzene rings is 3. The number of aromatic nitrogens is 3. The van der Waals surface area contributed by atoms with E-state index in [1.165, 1.54) is 35.0 Å². The molecular formula is C33H28F2N4O7. The molecule has 236 valence electrons. The Labute approximate surface area is 260 Å². The summed E-state index contributed by atoms with van der Waals surface area (Å²) < 4.78 is 54.3. The van der Waals surface area contributed by atoms with Crippen LogP contribution in [0.25, 0.3) is 16.6 Å². The van der Waals surface area contributed by atoms with Crippen molar-refractivity contribution in [2.24, 2.45) is 0 Å². The molecule has 1 amide bonds. The second kappa shape index (κ2) is 12.3. The highest BCUT2D eigenvalue weighted by molar-refractivity contribution is 6.04. The van der Waals surface area contributed by atoms with Crippen molar-refractivity contribution in [3.05, 3.63) is 105 Å². The van der Waals surface area contributed by atoms with Crippen LogP contribution in [-0.2, 0) is 0 Å². The summed E-state index contributed by atoms with van der Waals surface area (Å²) >= 11 is 0. The summed E-state index contributed by atoms with van der Waals surface area (Å²) in [5.74, 6) is -0.909. The molecule has 0 radical (unpaired) electrons. The molecule has 6 rings (SSSR count). The van der Waals surface area contributed by atoms with E-state index in [1.807, 2.05) is 6.92 Å². The van der Waals surface area contributed by atoms with E-state index >= 15 is 4.39 Å². The molecule has 1 aliphatic rings. The number of hydrogen-bond donors (Lipinski definition) is 1. The van der Waals surface area contributed by atoms with Crippen molar-refractivity contribution in [3.63, 3.8) is 0 Å². The van der Waals surface area contributed by atoms with Gasteiger partial charge in [-0.05, 0) is 63.2 Å². The fourth-order valence-electron chi connectivity index (χ4n) is 5.02. The van der Waals surface area contributed by atoms with Crippen LogP contribution in [0, 0.1) is 11.6 Å². The first-order chi connectivity index (χ1) is 22.2. The number of nitrogens with zero attached hydrogens (tertiary/aromatic N) is 3. The maximum atomic E-state index is 15.4. The molecule has 2 aromatic heterocycles. The topological polar surface area (TPSA) is 123 Å². The lowest BCUT2D eigenvalue weighted by Gasteiger charge is -2.23. The number of halogens is 2. The predicted molar refractivity (Wildman–Crippen MR) is 165 cm³/mol. The highest BCUT2D eigenvalue weighted by atomic mass is 19.1. The quantitative estimate of drug-likeness (QED) is 0.234. The van der Waals surface area contributed by atoms with Crippen LogP contribution in [0.4, 0.5) is 14.5 Å². The van der Waals surface area contributed by atoms with Crippen molar-refractivity contribution >= 4 is 22.5 Å². The lowest BCUT2D eigenvalue weighted by atomic mass is 10.1. The van der Waals surface area contributed by atoms with Gasteiger partial charge in [0.05, 0.1) is 23.2 Å². The fraction of sp³-hybridized carbons (Fsp3) is 0.212. The van der Waals surface area contributed by atoms with Crippen molar-refractivity contribution < 1.29 is 32.5 Å². The molecule has 46 heavy (non-hydrogen) atoms. The molecule has 0 aliphatic carbocycles. The van der Waals surface area contributed by atoms with Crippen LogP contribution in [0.15, 0.2) is 76.6 Å². The Balaban J connectivity index is 1.31. The molecule has 0 saturated carbocycles. The lowest BCUT2D eigenvalue weighted by molar-refractivity contribution is 0.102. The Morgan fingerprint density at radius 2 is 1.72 bits per heavy atom. The van der Waals surface area contributed by atoms with Gasteiger partial charge in [-0.25, -0.2) is 18.1 Å². The molecule has 5 aromatic rings. The second-order valence-corrected chi connectivity index (χ2v) is 10.5. The van der Waals surface area contributed by atoms with E-state index in [4.69, 9.17) is 18.9 Å². The van der Waals surface area contributed by atoms with E-state index in [-0.39, 0.29) is 28.4 Å². The van der Waals surface area contributed by atoms with Gasteiger partial charge in [0.25, 0.3) is 11.5 Å². The zero-order chi connectivity index (χ0) is 32.5. The van der Waals surface area contributed by atoms with E-state index in [0.29, 0.717) is 48.0 Å². The van der Waals surface area contributed by atoms with Gasteiger partial charge in [0.1, 0.15) is 30.3 Å². The molecule has 0 saturated heterocycles. The van der Waals surface area contributed by atoms with Crippen LogP contribution < -0.4 is 35.5 Å². The average molecular weight is 631 g/mol. The molecule has 3 aromatic carbocycles. The minimum atomic E-state index is -0.918. The number of rotatable bonds is 8. The predicted octanol–water partition coefficient (Wildman–Crippen LogP) is 5.62. The average Bonchev–Trinajstić information content (AvgIpc) is 3.03. The number of carbonyl (C=O) groups excluding carboxylic acids is 1. The highest BCUT2D eigenvalue weighted by Crippen LogP contribution is 2.48. The van der Waals surface area contributed by atoms with Crippen LogP contribution in [0.1, 0.15) is 37.2 Å². The third-order valence-corrected chi connectivity index (χ3v) is 7.15. The van der Waals surface area contributed by atoms with Gasteiger partial charge in [-0.2, -0.15) is 0 Å². The van der Waals surface area contributed by atoms with Gasteiger partial charge >= 0.3 is 5.69 Å². The number of amides is 1. The molecule has 0 fully saturated rings. The molecular weight excluding hydrogens is 602 g/mol. The lowest BCUT2D eigenvalue weighted by Crippen LogP contribution is -2.42. The molecule has 11 nitrogen and oxygen atoms in total. The Hall–Kier alpha value is -5.72. The normalized spacial score (nSPS) is 12.3. The largest absolute Gasteiger partial charge is 0.490 e. The maximum Gasteiger partial charge on any atom is 0.335 e. The second-order valence-electron chi connectivity index (χ2n) is 10.5. The van der Waals surface area contributed by atoms with Crippen LogP contribution in [0.2, 0.25) is 0 Å². The van der Waals surface area contributed by atoms with Crippen molar-refractivity contribution in [2.45, 2.75) is 26.8 Å². The Morgan fingerprint density at radius 1 is 0.978 bits per heavy atom. The van der Waals surface area contributed by atoms with Gasteiger partial charge in [0.15, 0.2) is 23.1 Å². The van der Waals surface area contributed by atoms with Gasteiger partial charge in [-0.3, -0.25) is 19.1 Å². The van der Waals surface area contributed by atoms with Crippen molar-refractivity contribution in [1.82, 2.24) is 14.1 Å². The van der Waals surface area contributed by atoms with E-state index < -0.39 is 34.8 Å². The summed E-state index contributed by atoms with van der Waals surface area (Å²) in [7, 11) is 0. The Bertz CT molecular complexity index is 2090. The first-order valence-corrected chi connectivity index (χ1v) is 14.4. The van der Waals surface area contributed by atoms with Crippen LogP contribution in [0.3, 0.4) is 0 Å². The molecule has 1 N–H and O–H groups in total. The molecule has 0 spiro atoms. The maximum absolute atomic E-state index is 15.4. The summed E-state index contributed by atoms with van der Waals surface area (Å²) in [6.45, 7) is 6.27. The molecule has 3 heterocycles. The zero-order valence-corrected chi connectivity index (χ0v) is 25.0. The summed E-state index contributed by atoms with van der Waals surface area (Å²) in [6, 6.07) is 11.3. The van der Waals surface area contributed by atoms with Crippen LogP contribution >= 0.6 is 0 Å². The SMILES string of the molecule is CCOc1cc2nccc(Oc3ccc(NC(=O)c4cn(C(C)C)c(=O)n(-c5ccc(F)cc5)c4=O)cc3F)c2c2c1OCCO2. The van der Waals surface area contributed by atoms with Crippen molar-refractivity contribution in [2.75, 3.05) is 25.1 Å². The summed E-state index contributed by atoms with van der Waals surface area (Å²) in [4.78, 5) is 44.1. The minimum Gasteiger partial charge on any atom is -0.490 e. The van der Waals surface area contributed by atoms with Gasteiger partial charge in [-0.1, -0.05) is 0 Å². The van der Waals surface area contributed by atoms with Crippen LogP contribution in [-0.4, -0.2) is 39.8 Å². The number of fused-ring (bicyclic) bond motifs is 3. The minimum absolute atomic E-state index is 0.0277. The number of ether oxygens (including phenoxy) is 4. The highest BCUT2D eigenvalue weighted by Gasteiger charge is 2.25. The summed E-state index contributed by atoms with van der Waals surface area (Å²) in [6.07, 6.45) is 2.65. The third-order valence-electron chi connectivity index (χ3n) is 7.15. The molecule has 13 heteroatoms. The number of nitrogens with one attached hydrogen (secondary N) is 1. The first-order valence-electron chi connectivity index (χ1n) is 14.4. The number of pyridine rings is 1. The van der Waals surface area contributed by atoms with Gasteiger partial charge in [-0.15, -0.1) is 0 Å². The smallest absolute Gasteiger partial charge is 0.335 e. The summed E-state index contributed by atoms with van der Waals surface area (Å²) in [5.41, 5.74) is -1.39. The van der Waals surface area contributed by atoms with E-state index in [2.05, 4.69) is 10.3 Å². The Morgan fingerprint density at radius 3 is 2.41 bits per heavy atom. The monoisotopic (exact) mass is 630 g/mol. The van der Waals surface area contributed by atoms with Crippen molar-refractivity contribution in [3.8, 4) is 34.4 Å². The number of carbonyl (C=O) groups is 1. The first kappa shape index (κ1) is 30.3. The van der Waals surface area contributed by atoms with Gasteiger partial charge in [0.2, 0.25) is 5.75 Å². The van der Waals surface area contributed by atoms with Crippen molar-refractivity contribution in [1.29, 1.82) is 0 Å². The number of anilines is 1.